The number of H-pyrrole nitrogens is 1. The van der Waals surface area contributed by atoms with Crippen LogP contribution in [0, 0.1) is 5.92 Å². The molecule has 104 valence electrons. The Morgan fingerprint density at radius 3 is 2.95 bits per heavy atom. The van der Waals surface area contributed by atoms with E-state index in [4.69, 9.17) is 0 Å². The number of hydrogen-bond acceptors (Lipinski definition) is 1. The summed E-state index contributed by atoms with van der Waals surface area (Å²) in [6.07, 6.45) is 5.78. The second-order valence-corrected chi connectivity index (χ2v) is 6.44. The van der Waals surface area contributed by atoms with Gasteiger partial charge in [0.15, 0.2) is 0 Å². The van der Waals surface area contributed by atoms with E-state index in [9.17, 15) is 4.79 Å². The molecule has 2 aliphatic carbocycles. The summed E-state index contributed by atoms with van der Waals surface area (Å²) in [5.41, 5.74) is 4.77. The third-order valence-electron chi connectivity index (χ3n) is 4.61. The highest BCUT2D eigenvalue weighted by Crippen LogP contribution is 2.32. The van der Waals surface area contributed by atoms with Crippen molar-refractivity contribution < 1.29 is 4.79 Å². The fourth-order valence-electron chi connectivity index (χ4n) is 3.23. The van der Waals surface area contributed by atoms with E-state index < -0.39 is 0 Å². The smallest absolute Gasteiger partial charge is 0.251 e. The zero-order valence-electron chi connectivity index (χ0n) is 11.8. The number of carbonyl (C=O) groups excluding carboxylic acids is 1. The number of carbonyl (C=O) groups is 1. The van der Waals surface area contributed by atoms with Crippen molar-refractivity contribution in [3.05, 3.63) is 35.0 Å². The Morgan fingerprint density at radius 2 is 2.15 bits per heavy atom. The number of aromatic amines is 1. The number of aryl methyl sites for hydroxylation is 1. The quantitative estimate of drug-likeness (QED) is 0.863. The maximum atomic E-state index is 12.2. The van der Waals surface area contributed by atoms with E-state index in [1.165, 1.54) is 28.6 Å². The highest BCUT2D eigenvalue weighted by Gasteiger charge is 2.25. The van der Waals surface area contributed by atoms with Crippen LogP contribution in [-0.2, 0) is 12.8 Å². The van der Waals surface area contributed by atoms with E-state index in [1.807, 2.05) is 6.07 Å². The van der Waals surface area contributed by atoms with Crippen LogP contribution in [0.15, 0.2) is 18.2 Å². The zero-order chi connectivity index (χ0) is 13.7. The van der Waals surface area contributed by atoms with E-state index in [1.54, 1.807) is 0 Å². The molecular formula is C17H20N2O. The molecule has 0 radical (unpaired) electrons. The van der Waals surface area contributed by atoms with Gasteiger partial charge in [-0.3, -0.25) is 4.79 Å². The number of fused-ring (bicyclic) bond motifs is 3. The van der Waals surface area contributed by atoms with Gasteiger partial charge in [-0.05, 0) is 61.8 Å². The van der Waals surface area contributed by atoms with Crippen LogP contribution in [-0.4, -0.2) is 16.9 Å². The first-order chi connectivity index (χ1) is 9.70. The van der Waals surface area contributed by atoms with Crippen molar-refractivity contribution in [3.63, 3.8) is 0 Å². The van der Waals surface area contributed by atoms with Crippen LogP contribution < -0.4 is 5.32 Å². The molecule has 1 amide bonds. The molecule has 2 N–H and O–H groups in total. The van der Waals surface area contributed by atoms with Crippen molar-refractivity contribution in [1.29, 1.82) is 0 Å². The van der Waals surface area contributed by atoms with Gasteiger partial charge in [0, 0.05) is 28.2 Å². The molecule has 3 nitrogen and oxygen atoms in total. The van der Waals surface area contributed by atoms with Gasteiger partial charge in [0.05, 0.1) is 0 Å². The van der Waals surface area contributed by atoms with Gasteiger partial charge in [-0.25, -0.2) is 0 Å². The molecule has 2 aliphatic rings. The molecule has 0 aliphatic heterocycles. The lowest BCUT2D eigenvalue weighted by Crippen LogP contribution is -2.25. The molecule has 1 aromatic carbocycles. The summed E-state index contributed by atoms with van der Waals surface area (Å²) in [5, 5.41) is 4.31. The Kier molecular flexibility index (Phi) is 2.62. The number of nitrogens with one attached hydrogen (secondary N) is 2. The molecule has 1 heterocycles. The molecule has 3 heteroatoms. The molecular weight excluding hydrogens is 248 g/mol. The van der Waals surface area contributed by atoms with Crippen LogP contribution in [0.1, 0.15) is 47.8 Å². The van der Waals surface area contributed by atoms with E-state index in [0.29, 0.717) is 6.04 Å². The van der Waals surface area contributed by atoms with Crippen LogP contribution in [0.3, 0.4) is 0 Å². The molecule has 1 atom stereocenters. The van der Waals surface area contributed by atoms with E-state index in [2.05, 4.69) is 29.4 Å². The van der Waals surface area contributed by atoms with Gasteiger partial charge < -0.3 is 10.3 Å². The van der Waals surface area contributed by atoms with Crippen LogP contribution in [0.4, 0.5) is 0 Å². The van der Waals surface area contributed by atoms with Gasteiger partial charge >= 0.3 is 0 Å². The fraction of sp³-hybridized carbons (Fsp3) is 0.471. The van der Waals surface area contributed by atoms with E-state index in [-0.39, 0.29) is 5.91 Å². The highest BCUT2D eigenvalue weighted by atomic mass is 16.1. The molecule has 1 fully saturated rings. The van der Waals surface area contributed by atoms with Gasteiger partial charge in [-0.2, -0.15) is 0 Å². The van der Waals surface area contributed by atoms with Crippen molar-refractivity contribution >= 4 is 16.8 Å². The largest absolute Gasteiger partial charge is 0.358 e. The summed E-state index contributed by atoms with van der Waals surface area (Å²) >= 11 is 0. The molecule has 1 saturated carbocycles. The summed E-state index contributed by atoms with van der Waals surface area (Å²) in [6, 6.07) is 6.48. The third-order valence-corrected chi connectivity index (χ3v) is 4.61. The molecule has 0 spiro atoms. The van der Waals surface area contributed by atoms with Crippen LogP contribution in [0.25, 0.3) is 10.9 Å². The number of benzene rings is 1. The number of rotatable bonds is 2. The number of hydrogen-bond donors (Lipinski definition) is 2. The summed E-state index contributed by atoms with van der Waals surface area (Å²) in [4.78, 5) is 15.7. The van der Waals surface area contributed by atoms with Crippen molar-refractivity contribution in [2.45, 2.75) is 45.1 Å². The minimum absolute atomic E-state index is 0.0770. The monoisotopic (exact) mass is 268 g/mol. The maximum Gasteiger partial charge on any atom is 0.251 e. The first-order valence-electron chi connectivity index (χ1n) is 7.65. The van der Waals surface area contributed by atoms with Gasteiger partial charge in [0.1, 0.15) is 0 Å². The normalized spacial score (nSPS) is 21.8. The van der Waals surface area contributed by atoms with Crippen molar-refractivity contribution in [1.82, 2.24) is 10.3 Å². The van der Waals surface area contributed by atoms with Gasteiger partial charge in [0.25, 0.3) is 5.91 Å². The minimum atomic E-state index is 0.0770. The molecule has 2 aromatic rings. The second-order valence-electron chi connectivity index (χ2n) is 6.44. The molecule has 0 unspecified atom stereocenters. The van der Waals surface area contributed by atoms with Crippen molar-refractivity contribution in [3.8, 4) is 0 Å². The average molecular weight is 268 g/mol. The molecule has 0 bridgehead atoms. The Balaban J connectivity index is 1.74. The summed E-state index contributed by atoms with van der Waals surface area (Å²) in [5.74, 6) is 0.818. The summed E-state index contributed by atoms with van der Waals surface area (Å²) in [6.45, 7) is 2.31. The predicted molar refractivity (Wildman–Crippen MR) is 80.0 cm³/mol. The average Bonchev–Trinajstić information content (AvgIpc) is 3.18. The second kappa shape index (κ2) is 4.37. The standard InChI is InChI=1S/C17H20N2O/c1-10-2-6-15-13(8-10)14-9-11(3-7-16(14)19-15)17(20)18-12-4-5-12/h3,7,9-10,12,19H,2,4-6,8H2,1H3,(H,18,20)/t10-/m0/s1. The van der Waals surface area contributed by atoms with Crippen molar-refractivity contribution in [2.24, 2.45) is 5.92 Å². The number of aromatic nitrogens is 1. The van der Waals surface area contributed by atoms with Gasteiger partial charge in [-0.15, -0.1) is 0 Å². The topological polar surface area (TPSA) is 44.9 Å². The van der Waals surface area contributed by atoms with E-state index >= 15 is 0 Å². The minimum Gasteiger partial charge on any atom is -0.358 e. The summed E-state index contributed by atoms with van der Waals surface area (Å²) in [7, 11) is 0. The Bertz CT molecular complexity index is 682. The lowest BCUT2D eigenvalue weighted by Gasteiger charge is -2.18. The molecule has 4 rings (SSSR count). The zero-order valence-corrected chi connectivity index (χ0v) is 11.8. The van der Waals surface area contributed by atoms with E-state index in [0.717, 1.165) is 37.2 Å². The fourth-order valence-corrected chi connectivity index (χ4v) is 3.23. The first kappa shape index (κ1) is 12.0. The van der Waals surface area contributed by atoms with Crippen molar-refractivity contribution in [2.75, 3.05) is 0 Å². The predicted octanol–water partition coefficient (Wildman–Crippen LogP) is 3.18. The Morgan fingerprint density at radius 1 is 1.30 bits per heavy atom. The highest BCUT2D eigenvalue weighted by molar-refractivity contribution is 5.99. The van der Waals surface area contributed by atoms with Crippen LogP contribution in [0.2, 0.25) is 0 Å². The van der Waals surface area contributed by atoms with Gasteiger partial charge in [0.2, 0.25) is 0 Å². The molecule has 20 heavy (non-hydrogen) atoms. The SMILES string of the molecule is C[C@H]1CCc2[nH]c3ccc(C(=O)NC4CC4)cc3c2C1. The molecule has 1 aromatic heterocycles. The summed E-state index contributed by atoms with van der Waals surface area (Å²) < 4.78 is 0. The lowest BCUT2D eigenvalue weighted by atomic mass is 9.87. The van der Waals surface area contributed by atoms with Crippen LogP contribution in [0.5, 0.6) is 0 Å². The molecule has 0 saturated heterocycles. The van der Waals surface area contributed by atoms with Crippen LogP contribution >= 0.6 is 0 Å². The Hall–Kier alpha value is -1.77. The first-order valence-corrected chi connectivity index (χ1v) is 7.65. The van der Waals surface area contributed by atoms with Gasteiger partial charge in [-0.1, -0.05) is 6.92 Å². The lowest BCUT2D eigenvalue weighted by molar-refractivity contribution is 0.0951. The number of amides is 1. The third kappa shape index (κ3) is 2.01. The Labute approximate surface area is 118 Å². The maximum absolute atomic E-state index is 12.2.